The lowest BCUT2D eigenvalue weighted by Crippen LogP contribution is -2.18. The highest BCUT2D eigenvalue weighted by atomic mass is 35.5. The molecule has 0 aliphatic heterocycles. The number of hydrogen-bond donors (Lipinski definition) is 2. The van der Waals surface area contributed by atoms with Gasteiger partial charge in [-0.2, -0.15) is 0 Å². The van der Waals surface area contributed by atoms with Gasteiger partial charge in [0.15, 0.2) is 10.7 Å². The van der Waals surface area contributed by atoms with Crippen molar-refractivity contribution in [3.63, 3.8) is 0 Å². The van der Waals surface area contributed by atoms with E-state index in [0.717, 1.165) is 0 Å². The van der Waals surface area contributed by atoms with Gasteiger partial charge in [0.25, 0.3) is 0 Å². The van der Waals surface area contributed by atoms with Gasteiger partial charge in [-0.15, -0.1) is 0 Å². The SMILES string of the molecule is N/C(=N/O)C(Cl)Cl. The summed E-state index contributed by atoms with van der Waals surface area (Å²) in [6.45, 7) is 0. The minimum Gasteiger partial charge on any atom is -0.409 e. The lowest BCUT2D eigenvalue weighted by atomic mass is 10.7. The largest absolute Gasteiger partial charge is 0.409 e. The Morgan fingerprint density at radius 3 is 2.14 bits per heavy atom. The van der Waals surface area contributed by atoms with Gasteiger partial charge in [-0.05, 0) is 0 Å². The molecule has 0 bridgehead atoms. The molecule has 42 valence electrons. The van der Waals surface area contributed by atoms with Crippen LogP contribution in [0, 0.1) is 0 Å². The molecule has 0 amide bonds. The molecule has 0 heterocycles. The summed E-state index contributed by atoms with van der Waals surface area (Å²) < 4.78 is 0. The monoisotopic (exact) mass is 142 g/mol. The zero-order valence-electron chi connectivity index (χ0n) is 3.31. The quantitative estimate of drug-likeness (QED) is 0.185. The smallest absolute Gasteiger partial charge is 0.172 e. The number of nitrogens with zero attached hydrogens (tertiary/aromatic N) is 1. The van der Waals surface area contributed by atoms with Crippen molar-refractivity contribution in [2.24, 2.45) is 10.9 Å². The van der Waals surface area contributed by atoms with E-state index >= 15 is 0 Å². The molecule has 0 atom stereocenters. The molecule has 0 spiro atoms. The molecular weight excluding hydrogens is 139 g/mol. The Hall–Kier alpha value is -0.150. The molecule has 7 heavy (non-hydrogen) atoms. The molecular formula is C2H4Cl2N2O. The van der Waals surface area contributed by atoms with E-state index in [0.29, 0.717) is 0 Å². The van der Waals surface area contributed by atoms with Crippen molar-refractivity contribution >= 4 is 29.0 Å². The van der Waals surface area contributed by atoms with Crippen LogP contribution in [0.4, 0.5) is 0 Å². The van der Waals surface area contributed by atoms with Crippen LogP contribution in [-0.4, -0.2) is 15.9 Å². The van der Waals surface area contributed by atoms with Crippen molar-refractivity contribution in [3.05, 3.63) is 0 Å². The molecule has 0 rings (SSSR count). The first kappa shape index (κ1) is 6.85. The Labute approximate surface area is 50.7 Å². The van der Waals surface area contributed by atoms with Crippen LogP contribution in [-0.2, 0) is 0 Å². The van der Waals surface area contributed by atoms with Crippen molar-refractivity contribution in [2.45, 2.75) is 4.84 Å². The van der Waals surface area contributed by atoms with E-state index in [1.54, 1.807) is 0 Å². The van der Waals surface area contributed by atoms with Crippen molar-refractivity contribution in [2.75, 3.05) is 0 Å². The van der Waals surface area contributed by atoms with Crippen LogP contribution >= 0.6 is 23.2 Å². The number of hydrogen-bond acceptors (Lipinski definition) is 2. The van der Waals surface area contributed by atoms with Crippen LogP contribution < -0.4 is 5.73 Å². The third kappa shape index (κ3) is 2.53. The molecule has 3 nitrogen and oxygen atoms in total. The first-order valence-corrected chi connectivity index (χ1v) is 2.31. The van der Waals surface area contributed by atoms with E-state index in [9.17, 15) is 0 Å². The zero-order valence-corrected chi connectivity index (χ0v) is 4.82. The number of rotatable bonds is 1. The molecule has 0 aliphatic carbocycles. The van der Waals surface area contributed by atoms with E-state index in [1.165, 1.54) is 0 Å². The maximum absolute atomic E-state index is 7.80. The minimum atomic E-state index is -0.912. The van der Waals surface area contributed by atoms with Crippen molar-refractivity contribution in [1.82, 2.24) is 0 Å². The van der Waals surface area contributed by atoms with E-state index in [1.807, 2.05) is 0 Å². The third-order valence-electron chi connectivity index (χ3n) is 0.339. The van der Waals surface area contributed by atoms with E-state index < -0.39 is 4.84 Å². The predicted molar refractivity (Wildman–Crippen MR) is 28.9 cm³/mol. The van der Waals surface area contributed by atoms with Gasteiger partial charge in [-0.1, -0.05) is 28.4 Å². The number of nitrogens with two attached hydrogens (primary N) is 1. The molecule has 0 saturated carbocycles. The van der Waals surface area contributed by atoms with Gasteiger partial charge in [0, 0.05) is 0 Å². The van der Waals surface area contributed by atoms with Crippen molar-refractivity contribution in [1.29, 1.82) is 0 Å². The van der Waals surface area contributed by atoms with Crippen molar-refractivity contribution in [3.8, 4) is 0 Å². The molecule has 0 aromatic rings. The maximum Gasteiger partial charge on any atom is 0.172 e. The number of halogens is 2. The van der Waals surface area contributed by atoms with Gasteiger partial charge >= 0.3 is 0 Å². The van der Waals surface area contributed by atoms with Gasteiger partial charge < -0.3 is 10.9 Å². The molecule has 0 saturated heterocycles. The van der Waals surface area contributed by atoms with Crippen molar-refractivity contribution < 1.29 is 5.21 Å². The minimum absolute atomic E-state index is 0.191. The average Bonchev–Trinajstić information content (AvgIpc) is 1.65. The first-order chi connectivity index (χ1) is 3.18. The average molecular weight is 143 g/mol. The van der Waals surface area contributed by atoms with Gasteiger partial charge in [0.1, 0.15) is 0 Å². The topological polar surface area (TPSA) is 58.6 Å². The second kappa shape index (κ2) is 2.93. The van der Waals surface area contributed by atoms with Gasteiger partial charge in [0.05, 0.1) is 0 Å². The van der Waals surface area contributed by atoms with E-state index in [-0.39, 0.29) is 5.84 Å². The second-order valence-corrected chi connectivity index (χ2v) is 1.92. The Morgan fingerprint density at radius 1 is 1.71 bits per heavy atom. The van der Waals surface area contributed by atoms with Gasteiger partial charge in [-0.25, -0.2) is 0 Å². The van der Waals surface area contributed by atoms with Crippen LogP contribution in [0.5, 0.6) is 0 Å². The summed E-state index contributed by atoms with van der Waals surface area (Å²) >= 11 is 10.2. The summed E-state index contributed by atoms with van der Waals surface area (Å²) in [5, 5.41) is 10.3. The Bertz CT molecular complexity index is 81.8. The summed E-state index contributed by atoms with van der Waals surface area (Å²) in [7, 11) is 0. The fraction of sp³-hybridized carbons (Fsp3) is 0.500. The summed E-state index contributed by atoms with van der Waals surface area (Å²) in [5.74, 6) is -0.191. The second-order valence-electron chi connectivity index (χ2n) is 0.826. The first-order valence-electron chi connectivity index (χ1n) is 1.44. The van der Waals surface area contributed by atoms with E-state index in [2.05, 4.69) is 5.16 Å². The van der Waals surface area contributed by atoms with Crippen LogP contribution in [0.2, 0.25) is 0 Å². The van der Waals surface area contributed by atoms with E-state index in [4.69, 9.17) is 34.1 Å². The highest BCUT2D eigenvalue weighted by Gasteiger charge is 2.01. The molecule has 0 radical (unpaired) electrons. The number of alkyl halides is 2. The lowest BCUT2D eigenvalue weighted by molar-refractivity contribution is 0.318. The highest BCUT2D eigenvalue weighted by Crippen LogP contribution is 1.99. The molecule has 0 fully saturated rings. The summed E-state index contributed by atoms with van der Waals surface area (Å²) in [6, 6.07) is 0. The van der Waals surface area contributed by atoms with Gasteiger partial charge in [-0.3, -0.25) is 0 Å². The van der Waals surface area contributed by atoms with Gasteiger partial charge in [0.2, 0.25) is 0 Å². The number of amidine groups is 1. The summed E-state index contributed by atoms with van der Waals surface area (Å²) in [6.07, 6.45) is 0. The van der Waals surface area contributed by atoms with Crippen LogP contribution in [0.1, 0.15) is 0 Å². The molecule has 0 aromatic carbocycles. The highest BCUT2D eigenvalue weighted by molar-refractivity contribution is 6.53. The standard InChI is InChI=1S/C2H4Cl2N2O/c3-1(4)2(5)6-7/h1,7H,(H2,5,6). The number of oxime groups is 1. The fourth-order valence-corrected chi connectivity index (χ4v) is 0.131. The van der Waals surface area contributed by atoms with Crippen LogP contribution in [0.3, 0.4) is 0 Å². The molecule has 0 aromatic heterocycles. The molecule has 0 unspecified atom stereocenters. The Balaban J connectivity index is 3.56. The Kier molecular flexibility index (Phi) is 2.87. The lowest BCUT2D eigenvalue weighted by Gasteiger charge is -1.92. The summed E-state index contributed by atoms with van der Waals surface area (Å²) in [4.78, 5) is -0.912. The predicted octanol–water partition coefficient (Wildman–Crippen LogP) is 0.536. The molecule has 0 aliphatic rings. The third-order valence-corrected chi connectivity index (χ3v) is 0.786. The Morgan fingerprint density at radius 2 is 2.14 bits per heavy atom. The molecule has 5 heteroatoms. The van der Waals surface area contributed by atoms with Crippen LogP contribution in [0.15, 0.2) is 5.16 Å². The maximum atomic E-state index is 7.80. The molecule has 3 N–H and O–H groups in total. The van der Waals surface area contributed by atoms with Crippen LogP contribution in [0.25, 0.3) is 0 Å². The zero-order chi connectivity index (χ0) is 5.86. The fourth-order valence-electron chi connectivity index (χ4n) is 0.0436. The normalized spacial score (nSPS) is 12.7. The summed E-state index contributed by atoms with van der Waals surface area (Å²) in [5.41, 5.74) is 4.85.